The summed E-state index contributed by atoms with van der Waals surface area (Å²) in [5.41, 5.74) is 0. The molecular weight excluding hydrogens is 1420 g/mol. The number of aliphatic hydroxyl groups excluding tert-OH is 16. The standard InChI is InChI=1S/C75H135N3O30/c1-6-9-11-13-15-17-19-21-22-24-26-28-30-32-34-36-55(90)78-46(47(86)35-33-31-29-27-25-23-20-18-16-14-12-10-7-2)43-99-72-64(97)62(95)66(52(41-82)102-72)104-74-65(98)70(108-75(54(89)8-3)37-48(87)56(76-44(4)84)69(107-75)58(91)49(88)38-79)67(53(42-83)103-74)105-71-57(77-45(5)85)68(60(93)51(40-81)100-71)106-73-63(96)61(94)59(92)50(39-80)101-73/h33,35,46-53,56-74,79-83,86-88,91-98H,6-32,34,36-43H2,1-5H3,(H,76,84)(H,77,85)(H,78,90)/b35-33+/t46-,47+,48-,49-,50?,51?,52?,53?,56-,57+,58-,59+,60+,61?,62-,63+,64+,65+,66-,67+,68?,69?,70?,71+,72?,73+,74+,75+/m1/s1. The lowest BCUT2D eigenvalue weighted by atomic mass is 9.86. The first-order valence-electron chi connectivity index (χ1n) is 39.9. The van der Waals surface area contributed by atoms with Gasteiger partial charge in [-0.1, -0.05) is 187 Å². The summed E-state index contributed by atoms with van der Waals surface area (Å²) in [7, 11) is 0. The molecule has 33 nitrogen and oxygen atoms in total. The van der Waals surface area contributed by atoms with E-state index in [-0.39, 0.29) is 12.3 Å². The van der Waals surface area contributed by atoms with Crippen molar-refractivity contribution in [2.75, 3.05) is 39.6 Å². The third-order valence-corrected chi connectivity index (χ3v) is 21.0. The molecule has 9 unspecified atom stereocenters. The first-order valence-corrected chi connectivity index (χ1v) is 39.9. The van der Waals surface area contributed by atoms with Gasteiger partial charge < -0.3 is 145 Å². The second-order valence-electron chi connectivity index (χ2n) is 29.7. The van der Waals surface area contributed by atoms with E-state index in [1.807, 2.05) is 6.08 Å². The Balaban J connectivity index is 1.41. The number of carbonyl (C=O) groups is 4. The molecule has 33 heteroatoms. The molecule has 5 aliphatic heterocycles. The fraction of sp³-hybridized carbons (Fsp3) is 0.920. The molecule has 0 aromatic heterocycles. The Kier molecular flexibility index (Phi) is 44.9. The second-order valence-corrected chi connectivity index (χ2v) is 29.7. The van der Waals surface area contributed by atoms with E-state index in [4.69, 9.17) is 47.4 Å². The Morgan fingerprint density at radius 1 is 0.481 bits per heavy atom. The second kappa shape index (κ2) is 50.9. The minimum atomic E-state index is -2.93. The number of allylic oxidation sites excluding steroid dienone is 1. The maximum atomic E-state index is 14.6. The molecule has 0 saturated carbocycles. The molecule has 0 spiro atoms. The van der Waals surface area contributed by atoms with E-state index in [1.165, 1.54) is 116 Å². The molecule has 0 radical (unpaired) electrons. The van der Waals surface area contributed by atoms with Gasteiger partial charge in [0.15, 0.2) is 30.9 Å². The van der Waals surface area contributed by atoms with Crippen LogP contribution in [0.2, 0.25) is 0 Å². The number of rotatable bonds is 53. The van der Waals surface area contributed by atoms with Crippen molar-refractivity contribution in [3.63, 3.8) is 0 Å². The van der Waals surface area contributed by atoms with Crippen LogP contribution in [0.25, 0.3) is 0 Å². The van der Waals surface area contributed by atoms with Crippen molar-refractivity contribution >= 4 is 23.5 Å². The van der Waals surface area contributed by atoms with Gasteiger partial charge >= 0.3 is 0 Å². The van der Waals surface area contributed by atoms with Crippen LogP contribution in [-0.4, -0.2) is 316 Å². The number of hydrogen-bond donors (Lipinski definition) is 19. The molecule has 19 N–H and O–H groups in total. The first kappa shape index (κ1) is 95.4. The summed E-state index contributed by atoms with van der Waals surface area (Å²) < 4.78 is 61.3. The van der Waals surface area contributed by atoms with Crippen molar-refractivity contribution in [2.24, 2.45) is 0 Å². The molecule has 0 bridgehead atoms. The summed E-state index contributed by atoms with van der Waals surface area (Å²) in [6.45, 7) is 1.97. The van der Waals surface area contributed by atoms with Crippen LogP contribution in [0.15, 0.2) is 12.2 Å². The fourth-order valence-electron chi connectivity index (χ4n) is 14.6. The molecule has 5 aliphatic rings. The molecule has 0 aliphatic carbocycles. The summed E-state index contributed by atoms with van der Waals surface area (Å²) in [5, 5.41) is 187. The molecule has 3 amide bonds. The number of ether oxygens (including phenoxy) is 10. The predicted molar refractivity (Wildman–Crippen MR) is 386 cm³/mol. The van der Waals surface area contributed by atoms with Crippen molar-refractivity contribution < 1.29 is 148 Å². The highest BCUT2D eigenvalue weighted by atomic mass is 16.8. The minimum Gasteiger partial charge on any atom is -0.394 e. The lowest BCUT2D eigenvalue weighted by Gasteiger charge is -2.53. The lowest BCUT2D eigenvalue weighted by molar-refractivity contribution is -0.401. The Bertz CT molecular complexity index is 2520. The van der Waals surface area contributed by atoms with E-state index in [2.05, 4.69) is 29.8 Å². The summed E-state index contributed by atoms with van der Waals surface area (Å²) >= 11 is 0. The molecule has 28 atom stereocenters. The molecule has 0 aromatic rings. The molecular formula is C75H135N3O30. The smallest absolute Gasteiger partial charge is 0.232 e. The lowest BCUT2D eigenvalue weighted by Crippen LogP contribution is -2.72. The average molecular weight is 1560 g/mol. The van der Waals surface area contributed by atoms with Crippen LogP contribution in [0.5, 0.6) is 0 Å². The minimum absolute atomic E-state index is 0.147. The molecule has 0 aromatic carbocycles. The van der Waals surface area contributed by atoms with Crippen molar-refractivity contribution in [2.45, 2.75) is 398 Å². The highest BCUT2D eigenvalue weighted by Gasteiger charge is 2.62. The third kappa shape index (κ3) is 29.3. The highest BCUT2D eigenvalue weighted by Crippen LogP contribution is 2.42. The van der Waals surface area contributed by atoms with E-state index in [9.17, 15) is 101 Å². The van der Waals surface area contributed by atoms with E-state index >= 15 is 0 Å². The number of amides is 3. The highest BCUT2D eigenvalue weighted by molar-refractivity contribution is 5.86. The average Bonchev–Trinajstić information content (AvgIpc) is 0.745. The normalized spacial score (nSPS) is 34.4. The van der Waals surface area contributed by atoms with Gasteiger partial charge in [0.1, 0.15) is 116 Å². The van der Waals surface area contributed by atoms with Gasteiger partial charge in [-0.25, -0.2) is 0 Å². The maximum Gasteiger partial charge on any atom is 0.232 e. The SMILES string of the molecule is CCCCCCCCCCCCC/C=C/[C@H](O)[C@@H](COC1OC(CO)[C@@H](O[C@@H]2OC(CO)[C@H](O[C@@H]3OC(CO)[C@H](O)C(O[C@@H]4OC(CO)[C@H](O)C(O)[C@@H]4O)[C@@H]3NC(C)=O)C(O[C@]3(C(=O)CC)C[C@@H](O)[C@@H](NC(C)=O)C([C@H](O)[C@H](O)CO)O3)[C@@H]2O)[C@H](O)[C@@H]1O)NC(=O)CCCCCCCCCCCCCCCCC. The van der Waals surface area contributed by atoms with Gasteiger partial charge in [0.25, 0.3) is 0 Å². The largest absolute Gasteiger partial charge is 0.394 e. The van der Waals surface area contributed by atoms with Crippen molar-refractivity contribution in [3.05, 3.63) is 12.2 Å². The van der Waals surface area contributed by atoms with Crippen molar-refractivity contribution in [1.82, 2.24) is 16.0 Å². The fourth-order valence-corrected chi connectivity index (χ4v) is 14.6. The topological polar surface area (TPSA) is 520 Å². The molecule has 5 fully saturated rings. The molecule has 108 heavy (non-hydrogen) atoms. The number of aliphatic hydroxyl groups is 16. The maximum absolute atomic E-state index is 14.6. The van der Waals surface area contributed by atoms with Gasteiger partial charge in [-0.15, -0.1) is 0 Å². The monoisotopic (exact) mass is 1560 g/mol. The summed E-state index contributed by atoms with van der Waals surface area (Å²) in [6.07, 6.45) is -15.3. The number of nitrogens with one attached hydrogen (secondary N) is 3. The zero-order chi connectivity index (χ0) is 79.5. The van der Waals surface area contributed by atoms with Crippen LogP contribution in [-0.2, 0) is 66.5 Å². The van der Waals surface area contributed by atoms with E-state index in [0.29, 0.717) is 12.8 Å². The van der Waals surface area contributed by atoms with Gasteiger partial charge in [-0.05, 0) is 19.3 Å². The number of ketones is 1. The Labute approximate surface area is 635 Å². The predicted octanol–water partition coefficient (Wildman–Crippen LogP) is -0.148. The number of unbranched alkanes of at least 4 members (excludes halogenated alkanes) is 25. The van der Waals surface area contributed by atoms with Crippen LogP contribution < -0.4 is 16.0 Å². The number of Topliss-reactive ketones (excluding diaryl/α,β-unsaturated/α-hetero) is 1. The van der Waals surface area contributed by atoms with Crippen LogP contribution in [0.4, 0.5) is 0 Å². The van der Waals surface area contributed by atoms with Crippen LogP contribution in [0.3, 0.4) is 0 Å². The quantitative estimate of drug-likeness (QED) is 0.0278. The summed E-state index contributed by atoms with van der Waals surface area (Å²) in [4.78, 5) is 54.0. The van der Waals surface area contributed by atoms with Gasteiger partial charge in [0.2, 0.25) is 23.5 Å². The third-order valence-electron chi connectivity index (χ3n) is 21.0. The van der Waals surface area contributed by atoms with E-state index in [0.717, 1.165) is 65.2 Å². The van der Waals surface area contributed by atoms with Gasteiger partial charge in [0, 0.05) is 33.1 Å². The van der Waals surface area contributed by atoms with Gasteiger partial charge in [-0.2, -0.15) is 0 Å². The first-order chi connectivity index (χ1) is 51.8. The van der Waals surface area contributed by atoms with Gasteiger partial charge in [-0.3, -0.25) is 19.2 Å². The Morgan fingerprint density at radius 2 is 0.926 bits per heavy atom. The molecule has 5 saturated heterocycles. The van der Waals surface area contributed by atoms with Crippen LogP contribution >= 0.6 is 0 Å². The number of carbonyl (C=O) groups excluding carboxylic acids is 4. The zero-order valence-electron chi connectivity index (χ0n) is 64.1. The Hall–Kier alpha value is -3.22. The van der Waals surface area contributed by atoms with Crippen molar-refractivity contribution in [3.8, 4) is 0 Å². The van der Waals surface area contributed by atoms with Crippen LogP contribution in [0.1, 0.15) is 227 Å². The molecule has 5 heterocycles. The summed E-state index contributed by atoms with van der Waals surface area (Å²) in [6, 6.07) is -4.63. The van der Waals surface area contributed by atoms with Crippen molar-refractivity contribution in [1.29, 1.82) is 0 Å². The molecule has 5 rings (SSSR count). The Morgan fingerprint density at radius 3 is 1.44 bits per heavy atom. The van der Waals surface area contributed by atoms with Crippen LogP contribution in [0, 0.1) is 0 Å². The van der Waals surface area contributed by atoms with E-state index < -0.39 is 241 Å². The zero-order valence-corrected chi connectivity index (χ0v) is 64.1. The molecule has 630 valence electrons. The number of hydrogen-bond acceptors (Lipinski definition) is 30. The van der Waals surface area contributed by atoms with Gasteiger partial charge in [0.05, 0.1) is 63.9 Å². The summed E-state index contributed by atoms with van der Waals surface area (Å²) in [5.74, 6) is -6.05. The van der Waals surface area contributed by atoms with E-state index in [1.54, 1.807) is 6.08 Å².